The molecular weight excluding hydrogens is 278 g/mol. The van der Waals surface area contributed by atoms with Crippen LogP contribution in [0.15, 0.2) is 51.6 Å². The highest BCUT2D eigenvalue weighted by molar-refractivity contribution is 9.10. The van der Waals surface area contributed by atoms with Crippen molar-refractivity contribution in [3.05, 3.63) is 58.5 Å². The molecule has 0 radical (unpaired) electrons. The normalized spacial score (nSPS) is 12.6. The first-order valence-electron chi connectivity index (χ1n) is 5.81. The van der Waals surface area contributed by atoms with Gasteiger partial charge in [0, 0.05) is 11.0 Å². The summed E-state index contributed by atoms with van der Waals surface area (Å²) in [5, 5.41) is 3.50. The largest absolute Gasteiger partial charge is 0.468 e. The van der Waals surface area contributed by atoms with Crippen LogP contribution in [0.5, 0.6) is 0 Å². The Morgan fingerprint density at radius 3 is 2.82 bits per heavy atom. The lowest BCUT2D eigenvalue weighted by atomic mass is 10.1. The molecule has 0 amide bonds. The minimum Gasteiger partial charge on any atom is -0.468 e. The van der Waals surface area contributed by atoms with Gasteiger partial charge in [-0.15, -0.1) is 0 Å². The molecule has 0 saturated carbocycles. The van der Waals surface area contributed by atoms with E-state index in [0.717, 1.165) is 23.2 Å². The van der Waals surface area contributed by atoms with E-state index in [1.807, 2.05) is 18.2 Å². The molecule has 0 aliphatic rings. The molecule has 1 unspecified atom stereocenters. The van der Waals surface area contributed by atoms with Gasteiger partial charge in [-0.1, -0.05) is 35.0 Å². The maximum Gasteiger partial charge on any atom is 0.120 e. The number of rotatable bonds is 5. The zero-order chi connectivity index (χ0) is 12.1. The van der Waals surface area contributed by atoms with E-state index in [1.54, 1.807) is 6.26 Å². The third-order valence-corrected chi connectivity index (χ3v) is 3.23. The Labute approximate surface area is 110 Å². The van der Waals surface area contributed by atoms with Crippen molar-refractivity contribution >= 4 is 15.9 Å². The fraction of sp³-hybridized carbons (Fsp3) is 0.286. The van der Waals surface area contributed by atoms with Crippen molar-refractivity contribution < 1.29 is 4.42 Å². The average molecular weight is 294 g/mol. The monoisotopic (exact) mass is 293 g/mol. The highest BCUT2D eigenvalue weighted by atomic mass is 79.9. The lowest BCUT2D eigenvalue weighted by Crippen LogP contribution is -2.19. The molecule has 0 aliphatic carbocycles. The second-order valence-electron chi connectivity index (χ2n) is 3.99. The summed E-state index contributed by atoms with van der Waals surface area (Å²) in [6.45, 7) is 3.00. The standard InChI is InChI=1S/C14H16BrNO/c1-2-13(14-7-4-8-17-14)16-10-11-5-3-6-12(15)9-11/h3-9,13,16H,2,10H2,1H3. The van der Waals surface area contributed by atoms with Crippen molar-refractivity contribution in [2.24, 2.45) is 0 Å². The van der Waals surface area contributed by atoms with Crippen molar-refractivity contribution in [3.8, 4) is 0 Å². The van der Waals surface area contributed by atoms with Gasteiger partial charge in [0.05, 0.1) is 12.3 Å². The van der Waals surface area contributed by atoms with Gasteiger partial charge in [0.15, 0.2) is 0 Å². The van der Waals surface area contributed by atoms with E-state index >= 15 is 0 Å². The lowest BCUT2D eigenvalue weighted by Gasteiger charge is -2.14. The topological polar surface area (TPSA) is 25.2 Å². The third-order valence-electron chi connectivity index (χ3n) is 2.74. The maximum absolute atomic E-state index is 5.43. The van der Waals surface area contributed by atoms with Gasteiger partial charge >= 0.3 is 0 Å². The van der Waals surface area contributed by atoms with Crippen LogP contribution in [0.1, 0.15) is 30.7 Å². The lowest BCUT2D eigenvalue weighted by molar-refractivity contribution is 0.403. The van der Waals surface area contributed by atoms with E-state index in [-0.39, 0.29) is 6.04 Å². The summed E-state index contributed by atoms with van der Waals surface area (Å²) in [7, 11) is 0. The minimum atomic E-state index is 0.281. The van der Waals surface area contributed by atoms with Gasteiger partial charge in [0.1, 0.15) is 5.76 Å². The smallest absolute Gasteiger partial charge is 0.120 e. The van der Waals surface area contributed by atoms with Gasteiger partial charge < -0.3 is 9.73 Å². The fourth-order valence-electron chi connectivity index (χ4n) is 1.82. The predicted octanol–water partition coefficient (Wildman–Crippen LogP) is 4.28. The number of nitrogens with one attached hydrogen (secondary N) is 1. The summed E-state index contributed by atoms with van der Waals surface area (Å²) < 4.78 is 6.54. The van der Waals surface area contributed by atoms with Gasteiger partial charge in [-0.05, 0) is 36.2 Å². The Morgan fingerprint density at radius 2 is 2.18 bits per heavy atom. The molecule has 3 heteroatoms. The molecule has 2 rings (SSSR count). The highest BCUT2D eigenvalue weighted by Crippen LogP contribution is 2.18. The van der Waals surface area contributed by atoms with Crippen LogP contribution in [0.25, 0.3) is 0 Å². The summed E-state index contributed by atoms with van der Waals surface area (Å²) in [5.74, 6) is 1.00. The summed E-state index contributed by atoms with van der Waals surface area (Å²) in [5.41, 5.74) is 1.27. The molecule has 2 nitrogen and oxygen atoms in total. The Hall–Kier alpha value is -1.06. The zero-order valence-corrected chi connectivity index (χ0v) is 11.4. The molecule has 1 aromatic carbocycles. The third kappa shape index (κ3) is 3.45. The van der Waals surface area contributed by atoms with Crippen LogP contribution < -0.4 is 5.32 Å². The molecule has 1 N–H and O–H groups in total. The Balaban J connectivity index is 1.97. The van der Waals surface area contributed by atoms with Crippen LogP contribution in [-0.2, 0) is 6.54 Å². The van der Waals surface area contributed by atoms with E-state index in [4.69, 9.17) is 4.42 Å². The molecular formula is C14H16BrNO. The van der Waals surface area contributed by atoms with E-state index in [1.165, 1.54) is 5.56 Å². The second-order valence-corrected chi connectivity index (χ2v) is 4.90. The molecule has 0 aliphatic heterocycles. The molecule has 17 heavy (non-hydrogen) atoms. The molecule has 0 bridgehead atoms. The van der Waals surface area contributed by atoms with Gasteiger partial charge in [0.2, 0.25) is 0 Å². The molecule has 0 saturated heterocycles. The average Bonchev–Trinajstić information content (AvgIpc) is 2.84. The zero-order valence-electron chi connectivity index (χ0n) is 9.82. The van der Waals surface area contributed by atoms with E-state index in [0.29, 0.717) is 0 Å². The van der Waals surface area contributed by atoms with Crippen LogP contribution >= 0.6 is 15.9 Å². The number of benzene rings is 1. The first-order valence-corrected chi connectivity index (χ1v) is 6.60. The van der Waals surface area contributed by atoms with Crippen molar-refractivity contribution in [3.63, 3.8) is 0 Å². The van der Waals surface area contributed by atoms with Crippen molar-refractivity contribution in [1.29, 1.82) is 0 Å². The van der Waals surface area contributed by atoms with Crippen molar-refractivity contribution in [2.75, 3.05) is 0 Å². The summed E-state index contributed by atoms with van der Waals surface area (Å²) in [6, 6.07) is 12.6. The van der Waals surface area contributed by atoms with E-state index < -0.39 is 0 Å². The number of halogens is 1. The van der Waals surface area contributed by atoms with Crippen LogP contribution in [0.4, 0.5) is 0 Å². The minimum absolute atomic E-state index is 0.281. The van der Waals surface area contributed by atoms with E-state index in [9.17, 15) is 0 Å². The maximum atomic E-state index is 5.43. The molecule has 1 atom stereocenters. The summed E-state index contributed by atoms with van der Waals surface area (Å²) >= 11 is 3.48. The van der Waals surface area contributed by atoms with Gasteiger partial charge in [-0.25, -0.2) is 0 Å². The Kier molecular flexibility index (Phi) is 4.40. The van der Waals surface area contributed by atoms with Crippen LogP contribution in [0, 0.1) is 0 Å². The fourth-order valence-corrected chi connectivity index (χ4v) is 2.27. The quantitative estimate of drug-likeness (QED) is 0.890. The first-order chi connectivity index (χ1) is 8.29. The summed E-state index contributed by atoms with van der Waals surface area (Å²) in [4.78, 5) is 0. The predicted molar refractivity (Wildman–Crippen MR) is 72.7 cm³/mol. The van der Waals surface area contributed by atoms with Gasteiger partial charge in [-0.2, -0.15) is 0 Å². The highest BCUT2D eigenvalue weighted by Gasteiger charge is 2.10. The molecule has 2 aromatic rings. The number of hydrogen-bond acceptors (Lipinski definition) is 2. The van der Waals surface area contributed by atoms with Crippen molar-refractivity contribution in [1.82, 2.24) is 5.32 Å². The van der Waals surface area contributed by atoms with Crippen LogP contribution in [-0.4, -0.2) is 0 Å². The number of furan rings is 1. The molecule has 90 valence electrons. The summed E-state index contributed by atoms with van der Waals surface area (Å²) in [6.07, 6.45) is 2.74. The molecule has 0 fully saturated rings. The molecule has 0 spiro atoms. The molecule has 1 heterocycles. The Bertz CT molecular complexity index is 453. The SMILES string of the molecule is CCC(NCc1cccc(Br)c1)c1ccco1. The second kappa shape index (κ2) is 6.03. The van der Waals surface area contributed by atoms with Gasteiger partial charge in [-0.3, -0.25) is 0 Å². The molecule has 1 aromatic heterocycles. The van der Waals surface area contributed by atoms with Gasteiger partial charge in [0.25, 0.3) is 0 Å². The first kappa shape index (κ1) is 12.4. The van der Waals surface area contributed by atoms with Crippen LogP contribution in [0.2, 0.25) is 0 Å². The van der Waals surface area contributed by atoms with Crippen LogP contribution in [0.3, 0.4) is 0 Å². The number of hydrogen-bond donors (Lipinski definition) is 1. The van der Waals surface area contributed by atoms with E-state index in [2.05, 4.69) is 46.4 Å². The van der Waals surface area contributed by atoms with Crippen molar-refractivity contribution in [2.45, 2.75) is 25.9 Å². The Morgan fingerprint density at radius 1 is 1.29 bits per heavy atom.